The van der Waals surface area contributed by atoms with Crippen molar-refractivity contribution in [3.63, 3.8) is 0 Å². The highest BCUT2D eigenvalue weighted by Gasteiger charge is 2.28. The number of ketones is 1. The monoisotopic (exact) mass is 208 g/mol. The van der Waals surface area contributed by atoms with E-state index in [1.807, 2.05) is 0 Å². The molecule has 0 saturated carbocycles. The maximum atomic E-state index is 11.7. The summed E-state index contributed by atoms with van der Waals surface area (Å²) >= 11 is 0. The lowest BCUT2D eigenvalue weighted by Gasteiger charge is -2.13. The van der Waals surface area contributed by atoms with Gasteiger partial charge in [0.15, 0.2) is 11.9 Å². The molecule has 4 heteroatoms. The molecule has 0 radical (unpaired) electrons. The Hall–Kier alpha value is -1.68. The predicted octanol–water partition coefficient (Wildman–Crippen LogP) is 0.951. The summed E-state index contributed by atoms with van der Waals surface area (Å²) in [6.45, 7) is 1.40. The smallest absolute Gasteiger partial charge is 0.333 e. The quantitative estimate of drug-likeness (QED) is 0.722. The van der Waals surface area contributed by atoms with Gasteiger partial charge in [0.2, 0.25) is 0 Å². The minimum absolute atomic E-state index is 0.370. The molecule has 80 valence electrons. The van der Waals surface area contributed by atoms with Gasteiger partial charge < -0.3 is 10.2 Å². The number of carbonyl (C=O) groups is 2. The van der Waals surface area contributed by atoms with Crippen LogP contribution in [-0.4, -0.2) is 28.1 Å². The van der Waals surface area contributed by atoms with Gasteiger partial charge >= 0.3 is 5.97 Å². The largest absolute Gasteiger partial charge is 0.479 e. The molecule has 0 aliphatic rings. The van der Waals surface area contributed by atoms with E-state index in [-0.39, 0.29) is 5.78 Å². The zero-order valence-corrected chi connectivity index (χ0v) is 8.25. The summed E-state index contributed by atoms with van der Waals surface area (Å²) in [5, 5.41) is 17.8. The third-order valence-electron chi connectivity index (χ3n) is 2.20. The van der Waals surface area contributed by atoms with Crippen LogP contribution in [0.15, 0.2) is 30.3 Å². The lowest BCUT2D eigenvalue weighted by atomic mass is 9.94. The number of hydrogen-bond acceptors (Lipinski definition) is 3. The SMILES string of the molecule is C[C@@H](C(=O)c1ccccc1)[C@@H](O)C(=O)O. The van der Waals surface area contributed by atoms with Crippen molar-refractivity contribution in [2.75, 3.05) is 0 Å². The molecule has 2 atom stereocenters. The molecule has 4 nitrogen and oxygen atoms in total. The first-order valence-electron chi connectivity index (χ1n) is 4.54. The van der Waals surface area contributed by atoms with Gasteiger partial charge in [-0.3, -0.25) is 4.79 Å². The Bertz CT molecular complexity index is 358. The van der Waals surface area contributed by atoms with Crippen molar-refractivity contribution < 1.29 is 19.8 Å². The zero-order chi connectivity index (χ0) is 11.4. The fourth-order valence-electron chi connectivity index (χ4n) is 1.22. The Balaban J connectivity index is 2.82. The van der Waals surface area contributed by atoms with Crippen LogP contribution >= 0.6 is 0 Å². The van der Waals surface area contributed by atoms with Gasteiger partial charge in [-0.2, -0.15) is 0 Å². The maximum Gasteiger partial charge on any atom is 0.333 e. The number of carboxylic acids is 1. The molecule has 1 aromatic carbocycles. The zero-order valence-electron chi connectivity index (χ0n) is 8.25. The summed E-state index contributed by atoms with van der Waals surface area (Å²) in [4.78, 5) is 22.1. The Morgan fingerprint density at radius 3 is 2.20 bits per heavy atom. The third-order valence-corrected chi connectivity index (χ3v) is 2.20. The van der Waals surface area contributed by atoms with Gasteiger partial charge in [0.25, 0.3) is 0 Å². The predicted molar refractivity (Wildman–Crippen MR) is 53.6 cm³/mol. The lowest BCUT2D eigenvalue weighted by Crippen LogP contribution is -2.32. The second-order valence-electron chi connectivity index (χ2n) is 3.30. The summed E-state index contributed by atoms with van der Waals surface area (Å²) in [7, 11) is 0. The van der Waals surface area contributed by atoms with Crippen LogP contribution in [0.1, 0.15) is 17.3 Å². The molecule has 0 unspecified atom stereocenters. The Morgan fingerprint density at radius 2 is 1.73 bits per heavy atom. The average Bonchev–Trinajstić information content (AvgIpc) is 2.27. The topological polar surface area (TPSA) is 74.6 Å². The number of aliphatic hydroxyl groups is 1. The third kappa shape index (κ3) is 2.63. The van der Waals surface area contributed by atoms with Crippen LogP contribution in [0.3, 0.4) is 0 Å². The van der Waals surface area contributed by atoms with E-state index in [4.69, 9.17) is 5.11 Å². The molecule has 0 aliphatic heterocycles. The molecule has 1 aromatic rings. The van der Waals surface area contributed by atoms with E-state index in [1.54, 1.807) is 30.3 Å². The fourth-order valence-corrected chi connectivity index (χ4v) is 1.22. The molecular weight excluding hydrogens is 196 g/mol. The van der Waals surface area contributed by atoms with Crippen molar-refractivity contribution in [3.05, 3.63) is 35.9 Å². The molecular formula is C11H12O4. The number of benzene rings is 1. The molecule has 2 N–H and O–H groups in total. The summed E-state index contributed by atoms with van der Waals surface area (Å²) in [5.41, 5.74) is 0.408. The van der Waals surface area contributed by atoms with E-state index in [0.29, 0.717) is 5.56 Å². The van der Waals surface area contributed by atoms with Gasteiger partial charge in [0.05, 0.1) is 5.92 Å². The lowest BCUT2D eigenvalue weighted by molar-refractivity contribution is -0.148. The summed E-state index contributed by atoms with van der Waals surface area (Å²) in [6, 6.07) is 8.32. The van der Waals surface area contributed by atoms with Gasteiger partial charge in [-0.1, -0.05) is 37.3 Å². The summed E-state index contributed by atoms with van der Waals surface area (Å²) in [5.74, 6) is -2.69. The second kappa shape index (κ2) is 4.70. The molecule has 0 spiro atoms. The first kappa shape index (κ1) is 11.4. The molecule has 0 saturated heterocycles. The fraction of sp³-hybridized carbons (Fsp3) is 0.273. The normalized spacial score (nSPS) is 14.3. The van der Waals surface area contributed by atoms with E-state index >= 15 is 0 Å². The molecule has 0 heterocycles. The van der Waals surface area contributed by atoms with Gasteiger partial charge in [0, 0.05) is 5.56 Å². The number of hydrogen-bond donors (Lipinski definition) is 2. The van der Waals surface area contributed by atoms with Gasteiger partial charge in [-0.05, 0) is 0 Å². The average molecular weight is 208 g/mol. The van der Waals surface area contributed by atoms with Gasteiger partial charge in [0.1, 0.15) is 0 Å². The van der Waals surface area contributed by atoms with Crippen LogP contribution in [0.4, 0.5) is 0 Å². The van der Waals surface area contributed by atoms with Crippen LogP contribution < -0.4 is 0 Å². The van der Waals surface area contributed by atoms with E-state index < -0.39 is 18.0 Å². The highest BCUT2D eigenvalue weighted by Crippen LogP contribution is 2.12. The van der Waals surface area contributed by atoms with E-state index in [0.717, 1.165) is 0 Å². The van der Waals surface area contributed by atoms with Crippen molar-refractivity contribution in [1.29, 1.82) is 0 Å². The number of carbonyl (C=O) groups excluding carboxylic acids is 1. The number of aliphatic carboxylic acids is 1. The molecule has 15 heavy (non-hydrogen) atoms. The van der Waals surface area contributed by atoms with Crippen LogP contribution in [0.25, 0.3) is 0 Å². The minimum Gasteiger partial charge on any atom is -0.479 e. The number of carboxylic acid groups (broad SMARTS) is 1. The number of rotatable bonds is 4. The number of aliphatic hydroxyl groups excluding tert-OH is 1. The molecule has 0 bridgehead atoms. The number of Topliss-reactive ketones (excluding diaryl/α,β-unsaturated/α-hetero) is 1. The molecule has 0 fully saturated rings. The van der Waals surface area contributed by atoms with Crippen LogP contribution in [-0.2, 0) is 4.79 Å². The Kier molecular flexibility index (Phi) is 3.57. The molecule has 0 aromatic heterocycles. The van der Waals surface area contributed by atoms with E-state index in [1.165, 1.54) is 6.92 Å². The molecule has 1 rings (SSSR count). The van der Waals surface area contributed by atoms with E-state index in [9.17, 15) is 14.7 Å². The van der Waals surface area contributed by atoms with Gasteiger partial charge in [-0.15, -0.1) is 0 Å². The standard InChI is InChI=1S/C11H12O4/c1-7(10(13)11(14)15)9(12)8-5-3-2-4-6-8/h2-7,10,13H,1H3,(H,14,15)/t7-,10+/m0/s1. The molecule has 0 aliphatic carbocycles. The van der Waals surface area contributed by atoms with E-state index in [2.05, 4.69) is 0 Å². The Labute approximate surface area is 87.2 Å². The first-order valence-corrected chi connectivity index (χ1v) is 4.54. The van der Waals surface area contributed by atoms with Crippen LogP contribution in [0, 0.1) is 5.92 Å². The van der Waals surface area contributed by atoms with Crippen LogP contribution in [0.2, 0.25) is 0 Å². The molecule has 0 amide bonds. The van der Waals surface area contributed by atoms with Crippen molar-refractivity contribution in [3.8, 4) is 0 Å². The van der Waals surface area contributed by atoms with Gasteiger partial charge in [-0.25, -0.2) is 4.79 Å². The second-order valence-corrected chi connectivity index (χ2v) is 3.30. The summed E-state index contributed by atoms with van der Waals surface area (Å²) in [6.07, 6.45) is -1.65. The summed E-state index contributed by atoms with van der Waals surface area (Å²) < 4.78 is 0. The van der Waals surface area contributed by atoms with Crippen molar-refractivity contribution >= 4 is 11.8 Å². The van der Waals surface area contributed by atoms with Crippen molar-refractivity contribution in [2.45, 2.75) is 13.0 Å². The highest BCUT2D eigenvalue weighted by molar-refractivity contribution is 6.00. The minimum atomic E-state index is -1.65. The van der Waals surface area contributed by atoms with Crippen molar-refractivity contribution in [2.24, 2.45) is 5.92 Å². The maximum absolute atomic E-state index is 11.7. The Morgan fingerprint density at radius 1 is 1.20 bits per heavy atom. The first-order chi connectivity index (χ1) is 7.04. The highest BCUT2D eigenvalue weighted by atomic mass is 16.4. The van der Waals surface area contributed by atoms with Crippen molar-refractivity contribution in [1.82, 2.24) is 0 Å². The van der Waals surface area contributed by atoms with Crippen LogP contribution in [0.5, 0.6) is 0 Å².